The van der Waals surface area contributed by atoms with Crippen LogP contribution in [0.25, 0.3) is 11.0 Å². The molecule has 1 fully saturated rings. The Hall–Kier alpha value is -2.49. The van der Waals surface area contributed by atoms with Gasteiger partial charge in [-0.1, -0.05) is 5.16 Å². The number of aromatic nitrogens is 1. The van der Waals surface area contributed by atoms with Crippen molar-refractivity contribution < 1.29 is 17.4 Å². The zero-order chi connectivity index (χ0) is 19.0. The summed E-state index contributed by atoms with van der Waals surface area (Å²) in [5.41, 5.74) is 0.739. The van der Waals surface area contributed by atoms with Crippen LogP contribution in [-0.2, 0) is 16.6 Å². The molecule has 0 radical (unpaired) electrons. The Morgan fingerprint density at radius 1 is 1.07 bits per heavy atom. The SMILES string of the molecule is Cc1cc(CN2CCN(S(=O)(=O)c3ccc4oc(=O)ccc4c3)CC2)on1. The summed E-state index contributed by atoms with van der Waals surface area (Å²) in [5.74, 6) is 0.778. The van der Waals surface area contributed by atoms with Crippen LogP contribution in [0.3, 0.4) is 0 Å². The van der Waals surface area contributed by atoms with Crippen LogP contribution in [0.5, 0.6) is 0 Å². The standard InChI is InChI=1S/C18H19N3O5S/c1-13-10-15(26-19-13)12-20-6-8-21(9-7-20)27(23,24)16-3-4-17-14(11-16)2-5-18(22)25-17/h2-5,10-11H,6-9,12H2,1H3. The topological polar surface area (TPSA) is 96.9 Å². The summed E-state index contributed by atoms with van der Waals surface area (Å²) in [6.07, 6.45) is 0. The molecule has 1 aromatic carbocycles. The molecule has 1 aliphatic heterocycles. The van der Waals surface area contributed by atoms with Crippen molar-refractivity contribution in [3.05, 3.63) is 58.3 Å². The van der Waals surface area contributed by atoms with Crippen LogP contribution >= 0.6 is 0 Å². The number of nitrogens with zero attached hydrogens (tertiary/aromatic N) is 3. The van der Waals surface area contributed by atoms with Gasteiger partial charge in [-0.25, -0.2) is 13.2 Å². The number of rotatable bonds is 4. The molecule has 2 aromatic heterocycles. The molecule has 0 spiro atoms. The Balaban J connectivity index is 1.48. The van der Waals surface area contributed by atoms with Gasteiger partial charge in [-0.2, -0.15) is 4.31 Å². The number of fused-ring (bicyclic) bond motifs is 1. The molecule has 1 saturated heterocycles. The van der Waals surface area contributed by atoms with Crippen LogP contribution in [0.4, 0.5) is 0 Å². The molecule has 142 valence electrons. The normalized spacial score (nSPS) is 16.8. The maximum Gasteiger partial charge on any atom is 0.336 e. The summed E-state index contributed by atoms with van der Waals surface area (Å²) in [7, 11) is -3.60. The summed E-state index contributed by atoms with van der Waals surface area (Å²) in [5, 5.41) is 4.45. The summed E-state index contributed by atoms with van der Waals surface area (Å²) >= 11 is 0. The van der Waals surface area contributed by atoms with E-state index in [1.54, 1.807) is 6.07 Å². The molecule has 3 heterocycles. The Labute approximate surface area is 156 Å². The van der Waals surface area contributed by atoms with Gasteiger partial charge in [0.15, 0.2) is 5.76 Å². The fourth-order valence-corrected chi connectivity index (χ4v) is 4.66. The van der Waals surface area contributed by atoms with Crippen LogP contribution in [-0.4, -0.2) is 49.0 Å². The lowest BCUT2D eigenvalue weighted by molar-refractivity contribution is 0.166. The van der Waals surface area contributed by atoms with Gasteiger partial charge in [0.2, 0.25) is 10.0 Å². The summed E-state index contributed by atoms with van der Waals surface area (Å²) < 4.78 is 37.7. The number of aryl methyl sites for hydroxylation is 1. The Morgan fingerprint density at radius 3 is 2.56 bits per heavy atom. The molecule has 0 atom stereocenters. The van der Waals surface area contributed by atoms with Gasteiger partial charge in [0.1, 0.15) is 5.58 Å². The second-order valence-electron chi connectivity index (χ2n) is 6.57. The first-order valence-corrected chi connectivity index (χ1v) is 10.0. The monoisotopic (exact) mass is 389 g/mol. The minimum atomic E-state index is -3.60. The highest BCUT2D eigenvalue weighted by molar-refractivity contribution is 7.89. The van der Waals surface area contributed by atoms with E-state index in [4.69, 9.17) is 8.94 Å². The highest BCUT2D eigenvalue weighted by atomic mass is 32.2. The molecule has 0 amide bonds. The van der Waals surface area contributed by atoms with E-state index in [1.165, 1.54) is 28.6 Å². The van der Waals surface area contributed by atoms with Crippen molar-refractivity contribution in [3.8, 4) is 0 Å². The van der Waals surface area contributed by atoms with Crippen LogP contribution in [0.1, 0.15) is 11.5 Å². The highest BCUT2D eigenvalue weighted by Gasteiger charge is 2.29. The molecule has 0 aliphatic carbocycles. The van der Waals surface area contributed by atoms with Crippen LogP contribution < -0.4 is 5.63 Å². The van der Waals surface area contributed by atoms with Gasteiger partial charge in [-0.15, -0.1) is 0 Å². The third kappa shape index (κ3) is 3.66. The quantitative estimate of drug-likeness (QED) is 0.625. The van der Waals surface area contributed by atoms with E-state index in [-0.39, 0.29) is 4.90 Å². The molecule has 1 aliphatic rings. The van der Waals surface area contributed by atoms with E-state index in [0.29, 0.717) is 43.7 Å². The van der Waals surface area contributed by atoms with Gasteiger partial charge in [0, 0.05) is 43.7 Å². The zero-order valence-electron chi connectivity index (χ0n) is 14.8. The van der Waals surface area contributed by atoms with Gasteiger partial charge >= 0.3 is 5.63 Å². The third-order valence-electron chi connectivity index (χ3n) is 4.62. The van der Waals surface area contributed by atoms with Gasteiger partial charge in [0.05, 0.1) is 17.1 Å². The molecule has 4 rings (SSSR count). The Kier molecular flexibility index (Phi) is 4.58. The van der Waals surface area contributed by atoms with Crippen molar-refractivity contribution in [2.45, 2.75) is 18.4 Å². The first-order chi connectivity index (χ1) is 12.9. The molecule has 3 aromatic rings. The van der Waals surface area contributed by atoms with Gasteiger partial charge in [-0.05, 0) is 31.2 Å². The number of hydrogen-bond acceptors (Lipinski definition) is 7. The van der Waals surface area contributed by atoms with E-state index in [1.807, 2.05) is 13.0 Å². The first kappa shape index (κ1) is 17.9. The maximum absolute atomic E-state index is 13.0. The van der Waals surface area contributed by atoms with Crippen molar-refractivity contribution >= 4 is 21.0 Å². The van der Waals surface area contributed by atoms with E-state index >= 15 is 0 Å². The smallest absolute Gasteiger partial charge is 0.336 e. The van der Waals surface area contributed by atoms with Crippen molar-refractivity contribution in [2.75, 3.05) is 26.2 Å². The molecule has 0 unspecified atom stereocenters. The fraction of sp³-hybridized carbons (Fsp3) is 0.333. The van der Waals surface area contributed by atoms with Gasteiger partial charge in [-0.3, -0.25) is 4.90 Å². The lowest BCUT2D eigenvalue weighted by atomic mass is 10.2. The lowest BCUT2D eigenvalue weighted by Gasteiger charge is -2.33. The number of hydrogen-bond donors (Lipinski definition) is 0. The van der Waals surface area contributed by atoms with E-state index in [2.05, 4.69) is 10.1 Å². The minimum absolute atomic E-state index is 0.197. The van der Waals surface area contributed by atoms with E-state index in [9.17, 15) is 13.2 Å². The minimum Gasteiger partial charge on any atom is -0.423 e. The molecular weight excluding hydrogens is 370 g/mol. The summed E-state index contributed by atoms with van der Waals surface area (Å²) in [6, 6.07) is 9.27. The van der Waals surface area contributed by atoms with Crippen LogP contribution in [0.2, 0.25) is 0 Å². The summed E-state index contributed by atoms with van der Waals surface area (Å²) in [6.45, 7) is 4.51. The number of benzene rings is 1. The molecule has 0 N–H and O–H groups in total. The molecule has 0 saturated carbocycles. The van der Waals surface area contributed by atoms with E-state index < -0.39 is 15.6 Å². The predicted molar refractivity (Wildman–Crippen MR) is 97.8 cm³/mol. The molecule has 9 heteroatoms. The zero-order valence-corrected chi connectivity index (χ0v) is 15.6. The number of piperazine rings is 1. The van der Waals surface area contributed by atoms with Crippen molar-refractivity contribution in [3.63, 3.8) is 0 Å². The van der Waals surface area contributed by atoms with Crippen molar-refractivity contribution in [2.24, 2.45) is 0 Å². The van der Waals surface area contributed by atoms with Crippen molar-refractivity contribution in [1.82, 2.24) is 14.4 Å². The largest absolute Gasteiger partial charge is 0.423 e. The predicted octanol–water partition coefficient (Wildman–Crippen LogP) is 1.60. The second-order valence-corrected chi connectivity index (χ2v) is 8.51. The average Bonchev–Trinajstić information content (AvgIpc) is 3.06. The van der Waals surface area contributed by atoms with Gasteiger partial charge < -0.3 is 8.94 Å². The molecule has 27 heavy (non-hydrogen) atoms. The first-order valence-electron chi connectivity index (χ1n) is 8.60. The summed E-state index contributed by atoms with van der Waals surface area (Å²) in [4.78, 5) is 13.6. The van der Waals surface area contributed by atoms with Crippen molar-refractivity contribution in [1.29, 1.82) is 0 Å². The average molecular weight is 389 g/mol. The number of sulfonamides is 1. The van der Waals surface area contributed by atoms with Crippen LogP contribution in [0, 0.1) is 6.92 Å². The Morgan fingerprint density at radius 2 is 1.85 bits per heavy atom. The molecule has 8 nitrogen and oxygen atoms in total. The molecule has 0 bridgehead atoms. The molecular formula is C18H19N3O5S. The van der Waals surface area contributed by atoms with Gasteiger partial charge in [0.25, 0.3) is 0 Å². The fourth-order valence-electron chi connectivity index (χ4n) is 3.20. The lowest BCUT2D eigenvalue weighted by Crippen LogP contribution is -2.48. The highest BCUT2D eigenvalue weighted by Crippen LogP contribution is 2.22. The third-order valence-corrected chi connectivity index (χ3v) is 6.51. The Bertz CT molecular complexity index is 1130. The van der Waals surface area contributed by atoms with E-state index in [0.717, 1.165) is 11.5 Å². The van der Waals surface area contributed by atoms with Crippen LogP contribution in [0.15, 0.2) is 55.0 Å². The second kappa shape index (κ2) is 6.91. The maximum atomic E-state index is 13.0.